The first-order chi connectivity index (χ1) is 9.44. The van der Waals surface area contributed by atoms with Crippen LogP contribution in [0.5, 0.6) is 0 Å². The van der Waals surface area contributed by atoms with Crippen molar-refractivity contribution in [1.82, 2.24) is 0 Å². The average Bonchev–Trinajstić information content (AvgIpc) is 2.33. The van der Waals surface area contributed by atoms with Gasteiger partial charge < -0.3 is 14.5 Å². The second-order valence-corrected chi connectivity index (χ2v) is 7.43. The van der Waals surface area contributed by atoms with E-state index in [-0.39, 0.29) is 12.2 Å². The molecule has 0 aliphatic rings. The van der Waals surface area contributed by atoms with Gasteiger partial charge in [0.2, 0.25) is 0 Å². The molecule has 0 bridgehead atoms. The molecule has 0 fully saturated rings. The fraction of sp³-hybridized carbons (Fsp3) is 0.769. The Hall–Kier alpha value is -0.560. The summed E-state index contributed by atoms with van der Waals surface area (Å²) in [6, 6.07) is 0. The van der Waals surface area contributed by atoms with Gasteiger partial charge in [0.1, 0.15) is 6.10 Å². The van der Waals surface area contributed by atoms with Gasteiger partial charge in [-0.3, -0.25) is 13.8 Å². The van der Waals surface area contributed by atoms with Gasteiger partial charge in [-0.1, -0.05) is 6.58 Å². The van der Waals surface area contributed by atoms with E-state index >= 15 is 0 Å². The van der Waals surface area contributed by atoms with E-state index in [4.69, 9.17) is 4.52 Å². The minimum atomic E-state index is -4.24. The van der Waals surface area contributed by atoms with Gasteiger partial charge in [0.25, 0.3) is 0 Å². The Balaban J connectivity index is 3.97. The summed E-state index contributed by atoms with van der Waals surface area (Å²) < 4.78 is 21.7. The van der Waals surface area contributed by atoms with Crippen LogP contribution < -0.4 is 0 Å². The molecule has 2 unspecified atom stereocenters. The maximum absolute atomic E-state index is 11.5. The van der Waals surface area contributed by atoms with Crippen molar-refractivity contribution in [1.29, 1.82) is 0 Å². The maximum atomic E-state index is 11.5. The van der Waals surface area contributed by atoms with Crippen molar-refractivity contribution in [2.24, 2.45) is 0 Å². The molecular weight excluding hydrogens is 297 g/mol. The van der Waals surface area contributed by atoms with Crippen molar-refractivity contribution in [2.45, 2.75) is 25.9 Å². The van der Waals surface area contributed by atoms with Gasteiger partial charge in [0.15, 0.2) is 5.78 Å². The number of hydrogen-bond acceptors (Lipinski definition) is 5. The van der Waals surface area contributed by atoms with Gasteiger partial charge in [-0.05, 0) is 25.3 Å². The molecule has 0 saturated heterocycles. The monoisotopic (exact) mass is 324 g/mol. The van der Waals surface area contributed by atoms with Crippen molar-refractivity contribution in [3.63, 3.8) is 0 Å². The third-order valence-corrected chi connectivity index (χ3v) is 3.58. The predicted molar refractivity (Wildman–Crippen MR) is 79.7 cm³/mol. The number of quaternary nitrogens is 1. The fourth-order valence-corrected chi connectivity index (χ4v) is 2.19. The minimum Gasteiger partial charge on any atom is -0.382 e. The molecule has 0 spiro atoms. The Morgan fingerprint density at radius 3 is 2.33 bits per heavy atom. The summed E-state index contributed by atoms with van der Waals surface area (Å²) in [5.41, 5.74) is 0.153. The average molecular weight is 324 g/mol. The van der Waals surface area contributed by atoms with Crippen molar-refractivity contribution in [3.8, 4) is 0 Å². The lowest BCUT2D eigenvalue weighted by atomic mass is 10.1. The molecule has 2 atom stereocenters. The number of rotatable bonds is 11. The van der Waals surface area contributed by atoms with E-state index in [9.17, 15) is 19.4 Å². The van der Waals surface area contributed by atoms with Gasteiger partial charge in [-0.2, -0.15) is 0 Å². The van der Waals surface area contributed by atoms with Crippen LogP contribution in [0.3, 0.4) is 0 Å². The number of nitrogens with zero attached hydrogens (tertiary/aromatic N) is 1. The molecule has 0 aromatic rings. The number of Topliss-reactive ketones (excluding diaryl/α,β-unsaturated/α-hetero) is 1. The quantitative estimate of drug-likeness (QED) is 0.256. The summed E-state index contributed by atoms with van der Waals surface area (Å²) in [6.45, 7) is 5.22. The topological polar surface area (TPSA) is 93.1 Å². The van der Waals surface area contributed by atoms with Crippen molar-refractivity contribution in [2.75, 3.05) is 40.9 Å². The van der Waals surface area contributed by atoms with Gasteiger partial charge in [0.05, 0.1) is 40.9 Å². The van der Waals surface area contributed by atoms with Crippen molar-refractivity contribution in [3.05, 3.63) is 12.2 Å². The minimum absolute atomic E-state index is 0.0817. The highest BCUT2D eigenvalue weighted by molar-refractivity contribution is 7.47. The summed E-state index contributed by atoms with van der Waals surface area (Å²) in [7, 11) is 1.93. The van der Waals surface area contributed by atoms with E-state index in [0.29, 0.717) is 6.42 Å². The zero-order valence-corrected chi connectivity index (χ0v) is 14.1. The highest BCUT2D eigenvalue weighted by Gasteiger charge is 2.25. The van der Waals surface area contributed by atoms with E-state index in [2.05, 4.69) is 32.2 Å². The van der Waals surface area contributed by atoms with Gasteiger partial charge in [-0.25, -0.2) is 4.57 Å². The normalized spacial score (nSPS) is 16.3. The molecule has 0 amide bonds. The van der Waals surface area contributed by atoms with Crippen LogP contribution in [-0.2, 0) is 18.4 Å². The largest absolute Gasteiger partial charge is 0.472 e. The third kappa shape index (κ3) is 10.8. The van der Waals surface area contributed by atoms with Crippen LogP contribution in [0.4, 0.5) is 0 Å². The van der Waals surface area contributed by atoms with Crippen LogP contribution in [0.25, 0.3) is 0 Å². The SMILES string of the molecule is C=C(C)C(=O)C(O)COP(=O)(O)OCCCC[N+](C)(C)C. The molecule has 0 aromatic carbocycles. The van der Waals surface area contributed by atoms with Gasteiger partial charge in [0, 0.05) is 0 Å². The van der Waals surface area contributed by atoms with Gasteiger partial charge in [-0.15, -0.1) is 0 Å². The number of carbonyl (C=O) groups excluding carboxylic acids is 1. The first kappa shape index (κ1) is 20.4. The number of aliphatic hydroxyl groups excluding tert-OH is 1. The number of phosphoric ester groups is 1. The molecule has 124 valence electrons. The lowest BCUT2D eigenvalue weighted by molar-refractivity contribution is -0.870. The Labute approximate surface area is 126 Å². The molecule has 0 rings (SSSR count). The summed E-state index contributed by atoms with van der Waals surface area (Å²) >= 11 is 0. The summed E-state index contributed by atoms with van der Waals surface area (Å²) in [5, 5.41) is 9.43. The van der Waals surface area contributed by atoms with Crippen molar-refractivity contribution >= 4 is 13.6 Å². The van der Waals surface area contributed by atoms with E-state index in [1.807, 2.05) is 0 Å². The lowest BCUT2D eigenvalue weighted by Gasteiger charge is -2.23. The Kier molecular flexibility index (Phi) is 8.54. The molecule has 8 heteroatoms. The Morgan fingerprint density at radius 2 is 1.86 bits per heavy atom. The van der Waals surface area contributed by atoms with Crippen LogP contribution >= 0.6 is 7.82 Å². The second kappa shape index (κ2) is 8.78. The van der Waals surface area contributed by atoms with Crippen LogP contribution in [-0.4, -0.2) is 67.3 Å². The summed E-state index contributed by atoms with van der Waals surface area (Å²) in [6.07, 6.45) is -0.0403. The van der Waals surface area contributed by atoms with Crippen LogP contribution in [0.1, 0.15) is 19.8 Å². The van der Waals surface area contributed by atoms with E-state index in [0.717, 1.165) is 17.4 Å². The highest BCUT2D eigenvalue weighted by Crippen LogP contribution is 2.43. The number of phosphoric acid groups is 1. The number of carbonyl (C=O) groups is 1. The molecule has 2 N–H and O–H groups in total. The molecular formula is C13H27NO6P+. The molecule has 0 saturated carbocycles. The molecule has 0 radical (unpaired) electrons. The molecule has 0 aromatic heterocycles. The molecule has 0 aliphatic carbocycles. The first-order valence-corrected chi connectivity index (χ1v) is 8.24. The zero-order valence-electron chi connectivity index (χ0n) is 13.2. The van der Waals surface area contributed by atoms with Crippen LogP contribution in [0.15, 0.2) is 12.2 Å². The Morgan fingerprint density at radius 1 is 1.29 bits per heavy atom. The van der Waals surface area contributed by atoms with Crippen LogP contribution in [0.2, 0.25) is 0 Å². The smallest absolute Gasteiger partial charge is 0.382 e. The predicted octanol–water partition coefficient (Wildman–Crippen LogP) is 1.11. The molecule has 0 heterocycles. The standard InChI is InChI=1S/C13H26NO6P/c1-11(2)13(16)12(15)10-20-21(17,18)19-9-7-6-8-14(3,4)5/h12,15H,1,6-10H2,2-5H3/p+1. The van der Waals surface area contributed by atoms with Gasteiger partial charge >= 0.3 is 7.82 Å². The number of aliphatic hydroxyl groups is 1. The van der Waals surface area contributed by atoms with E-state index < -0.39 is 26.3 Å². The second-order valence-electron chi connectivity index (χ2n) is 5.98. The highest BCUT2D eigenvalue weighted by atomic mass is 31.2. The first-order valence-electron chi connectivity index (χ1n) is 6.75. The Bertz CT molecular complexity index is 404. The molecule has 21 heavy (non-hydrogen) atoms. The maximum Gasteiger partial charge on any atom is 0.472 e. The van der Waals surface area contributed by atoms with E-state index in [1.54, 1.807) is 0 Å². The number of unbranched alkanes of at least 4 members (excludes halogenated alkanes) is 1. The molecule has 0 aliphatic heterocycles. The van der Waals surface area contributed by atoms with E-state index in [1.165, 1.54) is 6.92 Å². The zero-order chi connectivity index (χ0) is 16.7. The fourth-order valence-electron chi connectivity index (χ4n) is 1.43. The summed E-state index contributed by atoms with van der Waals surface area (Å²) in [5.74, 6) is -0.627. The van der Waals surface area contributed by atoms with Crippen LogP contribution in [0, 0.1) is 0 Å². The molecule has 7 nitrogen and oxygen atoms in total. The third-order valence-electron chi connectivity index (χ3n) is 2.60. The lowest BCUT2D eigenvalue weighted by Crippen LogP contribution is -2.35. The summed E-state index contributed by atoms with van der Waals surface area (Å²) in [4.78, 5) is 20.7. The number of ketones is 1. The van der Waals surface area contributed by atoms with Crippen molar-refractivity contribution < 1.29 is 32.9 Å². The number of hydrogen-bond donors (Lipinski definition) is 2.